The zero-order chi connectivity index (χ0) is 22.5. The maximum absolute atomic E-state index is 5.89. The minimum atomic E-state index is 0.491. The molecule has 4 N–H and O–H groups in total. The van der Waals surface area contributed by atoms with Gasteiger partial charge in [-0.3, -0.25) is 4.90 Å². The molecule has 1 aliphatic rings. The fourth-order valence-corrected chi connectivity index (χ4v) is 4.19. The highest BCUT2D eigenvalue weighted by molar-refractivity contribution is 5.43. The van der Waals surface area contributed by atoms with Crippen LogP contribution in [0.1, 0.15) is 83.7 Å². The fraction of sp³-hybridized carbons (Fsp3) is 0.556. The number of nitrogens with two attached hydrogens (primary N) is 2. The Labute approximate surface area is 190 Å². The first-order chi connectivity index (χ1) is 15.1. The number of anilines is 1. The molecule has 1 atom stereocenters. The SMILES string of the molecule is CCCCC(c1ccc(Oc2ccc(N)cc2)cc1)N(CC)CC.NC1CCCCC1. The summed E-state index contributed by atoms with van der Waals surface area (Å²) >= 11 is 0. The van der Waals surface area contributed by atoms with E-state index in [4.69, 9.17) is 16.2 Å². The molecule has 0 spiro atoms. The van der Waals surface area contributed by atoms with Gasteiger partial charge < -0.3 is 16.2 Å². The predicted molar refractivity (Wildman–Crippen MR) is 134 cm³/mol. The molecule has 1 fully saturated rings. The summed E-state index contributed by atoms with van der Waals surface area (Å²) in [6, 6.07) is 17.0. The maximum atomic E-state index is 5.89. The third kappa shape index (κ3) is 8.92. The molecule has 1 saturated carbocycles. The van der Waals surface area contributed by atoms with Gasteiger partial charge in [0.05, 0.1) is 0 Å². The largest absolute Gasteiger partial charge is 0.457 e. The minimum Gasteiger partial charge on any atom is -0.457 e. The lowest BCUT2D eigenvalue weighted by Gasteiger charge is -2.30. The molecule has 1 aliphatic carbocycles. The van der Waals surface area contributed by atoms with Crippen LogP contribution >= 0.6 is 0 Å². The van der Waals surface area contributed by atoms with Crippen LogP contribution < -0.4 is 16.2 Å². The Kier molecular flexibility index (Phi) is 11.5. The number of ether oxygens (including phenoxy) is 1. The highest BCUT2D eigenvalue weighted by atomic mass is 16.5. The molecule has 0 radical (unpaired) electrons. The van der Waals surface area contributed by atoms with E-state index in [1.54, 1.807) is 0 Å². The summed E-state index contributed by atoms with van der Waals surface area (Å²) in [5.74, 6) is 1.67. The number of nitrogens with zero attached hydrogens (tertiary/aromatic N) is 1. The van der Waals surface area contributed by atoms with Crippen LogP contribution in [-0.2, 0) is 0 Å². The van der Waals surface area contributed by atoms with E-state index in [0.29, 0.717) is 12.1 Å². The Bertz CT molecular complexity index is 704. The first-order valence-corrected chi connectivity index (χ1v) is 12.2. The predicted octanol–water partition coefficient (Wildman–Crippen LogP) is 6.91. The van der Waals surface area contributed by atoms with Crippen molar-refractivity contribution in [1.82, 2.24) is 4.90 Å². The number of benzene rings is 2. The molecule has 0 aliphatic heterocycles. The molecular weight excluding hydrogens is 382 g/mol. The average Bonchev–Trinajstić information content (AvgIpc) is 2.80. The molecule has 3 rings (SSSR count). The van der Waals surface area contributed by atoms with Crippen molar-refractivity contribution in [2.75, 3.05) is 18.8 Å². The van der Waals surface area contributed by atoms with Gasteiger partial charge in [-0.15, -0.1) is 0 Å². The van der Waals surface area contributed by atoms with Crippen LogP contribution in [0.2, 0.25) is 0 Å². The Morgan fingerprint density at radius 2 is 1.42 bits per heavy atom. The Morgan fingerprint density at radius 1 is 0.871 bits per heavy atom. The molecule has 4 heteroatoms. The molecule has 0 saturated heterocycles. The summed E-state index contributed by atoms with van der Waals surface area (Å²) in [7, 11) is 0. The van der Waals surface area contributed by atoms with Crippen molar-refractivity contribution in [3.8, 4) is 11.5 Å². The van der Waals surface area contributed by atoms with Crippen molar-refractivity contribution in [2.45, 2.75) is 84.2 Å². The second-order valence-electron chi connectivity index (χ2n) is 8.52. The lowest BCUT2D eigenvalue weighted by Crippen LogP contribution is -2.28. The number of nitrogen functional groups attached to an aromatic ring is 1. The quantitative estimate of drug-likeness (QED) is 0.428. The highest BCUT2D eigenvalue weighted by Gasteiger charge is 2.17. The van der Waals surface area contributed by atoms with Gasteiger partial charge in [-0.25, -0.2) is 0 Å². The van der Waals surface area contributed by atoms with E-state index >= 15 is 0 Å². The Balaban J connectivity index is 0.000000412. The summed E-state index contributed by atoms with van der Waals surface area (Å²) in [6.45, 7) is 8.88. The van der Waals surface area contributed by atoms with E-state index < -0.39 is 0 Å². The van der Waals surface area contributed by atoms with E-state index in [1.807, 2.05) is 24.3 Å². The average molecular weight is 426 g/mol. The van der Waals surface area contributed by atoms with Crippen molar-refractivity contribution in [1.29, 1.82) is 0 Å². The third-order valence-corrected chi connectivity index (χ3v) is 6.11. The summed E-state index contributed by atoms with van der Waals surface area (Å²) in [4.78, 5) is 2.53. The molecule has 31 heavy (non-hydrogen) atoms. The van der Waals surface area contributed by atoms with Gasteiger partial charge >= 0.3 is 0 Å². The normalized spacial score (nSPS) is 15.3. The smallest absolute Gasteiger partial charge is 0.127 e. The second-order valence-corrected chi connectivity index (χ2v) is 8.52. The zero-order valence-electron chi connectivity index (χ0n) is 19.9. The molecular formula is C27H43N3O. The van der Waals surface area contributed by atoms with Gasteiger partial charge in [0.2, 0.25) is 0 Å². The highest BCUT2D eigenvalue weighted by Crippen LogP contribution is 2.29. The van der Waals surface area contributed by atoms with Gasteiger partial charge in [0.1, 0.15) is 11.5 Å². The lowest BCUT2D eigenvalue weighted by atomic mass is 9.97. The van der Waals surface area contributed by atoms with Gasteiger partial charge in [0.15, 0.2) is 0 Å². The summed E-state index contributed by atoms with van der Waals surface area (Å²) in [5.41, 5.74) is 13.5. The lowest BCUT2D eigenvalue weighted by molar-refractivity contribution is 0.205. The van der Waals surface area contributed by atoms with Crippen LogP contribution in [0.4, 0.5) is 5.69 Å². The first-order valence-electron chi connectivity index (χ1n) is 12.2. The molecule has 0 bridgehead atoms. The van der Waals surface area contributed by atoms with Crippen LogP contribution in [0.3, 0.4) is 0 Å². The molecule has 2 aromatic rings. The van der Waals surface area contributed by atoms with Crippen LogP contribution in [0, 0.1) is 0 Å². The standard InChI is InChI=1S/C21H30N2O.C6H13N/c1-4-7-8-21(23(5-2)6-3)17-9-13-19(14-10-17)24-20-15-11-18(22)12-16-20;7-6-4-2-1-3-5-6/h9-16,21H,4-8,22H2,1-3H3;6H,1-5,7H2. The van der Waals surface area contributed by atoms with Crippen molar-refractivity contribution in [3.05, 3.63) is 54.1 Å². The van der Waals surface area contributed by atoms with Gasteiger partial charge in [-0.05, 0) is 74.3 Å². The van der Waals surface area contributed by atoms with E-state index in [0.717, 1.165) is 30.3 Å². The van der Waals surface area contributed by atoms with Crippen molar-refractivity contribution >= 4 is 5.69 Å². The first kappa shape index (κ1) is 25.2. The molecule has 2 aromatic carbocycles. The fourth-order valence-electron chi connectivity index (χ4n) is 4.19. The van der Waals surface area contributed by atoms with E-state index in [2.05, 4.69) is 49.9 Å². The molecule has 0 aromatic heterocycles. The van der Waals surface area contributed by atoms with E-state index in [-0.39, 0.29) is 0 Å². The number of rotatable bonds is 9. The van der Waals surface area contributed by atoms with Gasteiger partial charge in [0.25, 0.3) is 0 Å². The number of hydrogen-bond acceptors (Lipinski definition) is 4. The van der Waals surface area contributed by atoms with E-state index in [9.17, 15) is 0 Å². The van der Waals surface area contributed by atoms with Crippen LogP contribution in [0.25, 0.3) is 0 Å². The minimum absolute atomic E-state index is 0.491. The third-order valence-electron chi connectivity index (χ3n) is 6.11. The number of hydrogen-bond donors (Lipinski definition) is 2. The number of unbranched alkanes of at least 4 members (excludes halogenated alkanes) is 1. The van der Waals surface area contributed by atoms with Gasteiger partial charge in [0, 0.05) is 17.8 Å². The molecule has 4 nitrogen and oxygen atoms in total. The zero-order valence-corrected chi connectivity index (χ0v) is 19.9. The van der Waals surface area contributed by atoms with Gasteiger partial charge in [-0.2, -0.15) is 0 Å². The Morgan fingerprint density at radius 3 is 1.87 bits per heavy atom. The summed E-state index contributed by atoms with van der Waals surface area (Å²) in [6.07, 6.45) is 10.4. The molecule has 0 amide bonds. The molecule has 172 valence electrons. The monoisotopic (exact) mass is 425 g/mol. The Hall–Kier alpha value is -2.04. The van der Waals surface area contributed by atoms with E-state index in [1.165, 1.54) is 56.9 Å². The molecule has 0 heterocycles. The van der Waals surface area contributed by atoms with Crippen molar-refractivity contribution in [2.24, 2.45) is 5.73 Å². The van der Waals surface area contributed by atoms with Gasteiger partial charge in [-0.1, -0.05) is 65.0 Å². The van der Waals surface area contributed by atoms with Crippen molar-refractivity contribution < 1.29 is 4.74 Å². The van der Waals surface area contributed by atoms with Crippen LogP contribution in [0.5, 0.6) is 11.5 Å². The summed E-state index contributed by atoms with van der Waals surface area (Å²) in [5, 5.41) is 0. The maximum Gasteiger partial charge on any atom is 0.127 e. The van der Waals surface area contributed by atoms with Crippen LogP contribution in [-0.4, -0.2) is 24.0 Å². The summed E-state index contributed by atoms with van der Waals surface area (Å²) < 4.78 is 5.89. The van der Waals surface area contributed by atoms with Crippen molar-refractivity contribution in [3.63, 3.8) is 0 Å². The second kappa shape index (κ2) is 14.1. The topological polar surface area (TPSA) is 64.5 Å². The van der Waals surface area contributed by atoms with Crippen LogP contribution in [0.15, 0.2) is 48.5 Å². The molecule has 1 unspecified atom stereocenters.